The minimum Gasteiger partial charge on any atom is -0.466 e. The van der Waals surface area contributed by atoms with Crippen molar-refractivity contribution < 1.29 is 4.42 Å². The quantitative estimate of drug-likeness (QED) is 0.726. The Morgan fingerprint density at radius 1 is 1.15 bits per heavy atom. The Kier molecular flexibility index (Phi) is 5.03. The van der Waals surface area contributed by atoms with Crippen molar-refractivity contribution in [2.45, 2.75) is 33.4 Å². The molecule has 0 saturated carbocycles. The molecule has 1 atom stereocenters. The summed E-state index contributed by atoms with van der Waals surface area (Å²) in [7, 11) is 0. The fourth-order valence-electron chi connectivity index (χ4n) is 2.18. The third-order valence-corrected chi connectivity index (χ3v) is 4.47. The summed E-state index contributed by atoms with van der Waals surface area (Å²) >= 11 is 18.4. The highest BCUT2D eigenvalue weighted by Gasteiger charge is 2.15. The van der Waals surface area contributed by atoms with E-state index in [2.05, 4.69) is 12.2 Å². The normalized spacial score (nSPS) is 12.7. The van der Waals surface area contributed by atoms with Crippen LogP contribution in [0.1, 0.15) is 35.6 Å². The van der Waals surface area contributed by atoms with Gasteiger partial charge in [-0.25, -0.2) is 0 Å². The number of aryl methyl sites for hydroxylation is 2. The van der Waals surface area contributed by atoms with Crippen LogP contribution in [-0.2, 0) is 6.54 Å². The van der Waals surface area contributed by atoms with Gasteiger partial charge >= 0.3 is 0 Å². The molecule has 1 aromatic carbocycles. The van der Waals surface area contributed by atoms with Crippen LogP contribution in [0.5, 0.6) is 0 Å². The van der Waals surface area contributed by atoms with E-state index in [0.717, 1.165) is 22.6 Å². The van der Waals surface area contributed by atoms with Crippen molar-refractivity contribution in [1.29, 1.82) is 0 Å². The average molecular weight is 333 g/mol. The number of furan rings is 1. The first kappa shape index (κ1) is 15.7. The molecule has 0 amide bonds. The maximum absolute atomic E-state index is 6.19. The standard InChI is InChI=1S/C15H16Cl3NO/c1-8-6-11(10(3)20-8)9(2)19-7-12-13(16)4-5-14(17)15(12)18/h4-6,9,19H,7H2,1-3H3. The zero-order valence-corrected chi connectivity index (χ0v) is 13.8. The number of benzene rings is 1. The van der Waals surface area contributed by atoms with E-state index in [0.29, 0.717) is 21.6 Å². The summed E-state index contributed by atoms with van der Waals surface area (Å²) in [6, 6.07) is 5.63. The van der Waals surface area contributed by atoms with E-state index in [4.69, 9.17) is 39.2 Å². The molecule has 1 aromatic heterocycles. The predicted molar refractivity (Wildman–Crippen MR) is 84.9 cm³/mol. The Hall–Kier alpha value is -0.670. The van der Waals surface area contributed by atoms with Gasteiger partial charge in [0, 0.05) is 28.7 Å². The van der Waals surface area contributed by atoms with E-state index >= 15 is 0 Å². The van der Waals surface area contributed by atoms with Crippen LogP contribution in [0.15, 0.2) is 22.6 Å². The van der Waals surface area contributed by atoms with Crippen LogP contribution in [0.25, 0.3) is 0 Å². The lowest BCUT2D eigenvalue weighted by Crippen LogP contribution is -2.18. The lowest BCUT2D eigenvalue weighted by molar-refractivity contribution is 0.489. The van der Waals surface area contributed by atoms with Crippen molar-refractivity contribution in [1.82, 2.24) is 5.32 Å². The van der Waals surface area contributed by atoms with Gasteiger partial charge in [0.1, 0.15) is 11.5 Å². The van der Waals surface area contributed by atoms with Crippen LogP contribution in [0.2, 0.25) is 15.1 Å². The van der Waals surface area contributed by atoms with Gasteiger partial charge in [-0.3, -0.25) is 0 Å². The molecule has 0 aliphatic heterocycles. The van der Waals surface area contributed by atoms with Gasteiger partial charge < -0.3 is 9.73 Å². The number of hydrogen-bond acceptors (Lipinski definition) is 2. The Morgan fingerprint density at radius 3 is 2.40 bits per heavy atom. The first-order valence-corrected chi connectivity index (χ1v) is 7.46. The highest BCUT2D eigenvalue weighted by molar-refractivity contribution is 6.44. The summed E-state index contributed by atoms with van der Waals surface area (Å²) < 4.78 is 5.54. The van der Waals surface area contributed by atoms with Crippen molar-refractivity contribution in [2.24, 2.45) is 0 Å². The van der Waals surface area contributed by atoms with Gasteiger partial charge in [-0.15, -0.1) is 0 Å². The molecule has 0 aliphatic carbocycles. The fraction of sp³-hybridized carbons (Fsp3) is 0.333. The number of rotatable bonds is 4. The van der Waals surface area contributed by atoms with Gasteiger partial charge in [0.25, 0.3) is 0 Å². The Morgan fingerprint density at radius 2 is 1.80 bits per heavy atom. The minimum atomic E-state index is 0.138. The number of halogens is 3. The molecular weight excluding hydrogens is 317 g/mol. The maximum Gasteiger partial charge on any atom is 0.105 e. The molecule has 0 spiro atoms. The molecule has 0 aliphatic rings. The molecule has 1 heterocycles. The highest BCUT2D eigenvalue weighted by atomic mass is 35.5. The van der Waals surface area contributed by atoms with Crippen LogP contribution in [0.3, 0.4) is 0 Å². The van der Waals surface area contributed by atoms with Crippen LogP contribution < -0.4 is 5.32 Å². The van der Waals surface area contributed by atoms with Crippen molar-refractivity contribution in [3.63, 3.8) is 0 Å². The van der Waals surface area contributed by atoms with Crippen LogP contribution in [0, 0.1) is 13.8 Å². The first-order chi connectivity index (χ1) is 9.40. The van der Waals surface area contributed by atoms with Gasteiger partial charge in [-0.2, -0.15) is 0 Å². The van der Waals surface area contributed by atoms with Crippen molar-refractivity contribution in [3.8, 4) is 0 Å². The highest BCUT2D eigenvalue weighted by Crippen LogP contribution is 2.32. The summed E-state index contributed by atoms with van der Waals surface area (Å²) in [5.41, 5.74) is 1.95. The van der Waals surface area contributed by atoms with Crippen LogP contribution in [-0.4, -0.2) is 0 Å². The summed E-state index contributed by atoms with van der Waals surface area (Å²) in [6.45, 7) is 6.51. The van der Waals surface area contributed by atoms with Crippen LogP contribution >= 0.6 is 34.8 Å². The van der Waals surface area contributed by atoms with Gasteiger partial charge in [0.05, 0.1) is 10.0 Å². The van der Waals surface area contributed by atoms with Crippen molar-refractivity contribution in [2.75, 3.05) is 0 Å². The molecule has 0 fully saturated rings. The summed E-state index contributed by atoms with van der Waals surface area (Å²) in [6.07, 6.45) is 0. The SMILES string of the molecule is Cc1cc(C(C)NCc2c(Cl)ccc(Cl)c2Cl)c(C)o1. The average Bonchev–Trinajstić information content (AvgIpc) is 2.73. The molecule has 0 bridgehead atoms. The van der Waals surface area contributed by atoms with E-state index in [1.165, 1.54) is 0 Å². The minimum absolute atomic E-state index is 0.138. The molecular formula is C15H16Cl3NO. The molecule has 5 heteroatoms. The number of hydrogen-bond donors (Lipinski definition) is 1. The first-order valence-electron chi connectivity index (χ1n) is 6.33. The Balaban J connectivity index is 2.13. The molecule has 20 heavy (non-hydrogen) atoms. The van der Waals surface area contributed by atoms with Gasteiger partial charge in [0.15, 0.2) is 0 Å². The second kappa shape index (κ2) is 6.40. The second-order valence-electron chi connectivity index (χ2n) is 4.79. The Labute approximate surface area is 134 Å². The molecule has 108 valence electrons. The van der Waals surface area contributed by atoms with E-state index in [1.54, 1.807) is 12.1 Å². The molecule has 0 radical (unpaired) electrons. The van der Waals surface area contributed by atoms with Crippen molar-refractivity contribution in [3.05, 3.63) is 55.9 Å². The maximum atomic E-state index is 6.19. The molecule has 0 saturated heterocycles. The van der Waals surface area contributed by atoms with Crippen LogP contribution in [0.4, 0.5) is 0 Å². The zero-order valence-electron chi connectivity index (χ0n) is 11.6. The topological polar surface area (TPSA) is 25.2 Å². The smallest absolute Gasteiger partial charge is 0.105 e. The summed E-state index contributed by atoms with van der Waals surface area (Å²) in [5.74, 6) is 1.83. The summed E-state index contributed by atoms with van der Waals surface area (Å²) in [5, 5.41) is 5.01. The second-order valence-corrected chi connectivity index (χ2v) is 5.99. The predicted octanol–water partition coefficient (Wildman–Crippen LogP) is 5.71. The fourth-order valence-corrected chi connectivity index (χ4v) is 2.86. The lowest BCUT2D eigenvalue weighted by Gasteiger charge is -2.15. The molecule has 1 unspecified atom stereocenters. The van der Waals surface area contributed by atoms with Crippen molar-refractivity contribution >= 4 is 34.8 Å². The van der Waals surface area contributed by atoms with E-state index in [-0.39, 0.29) is 6.04 Å². The van der Waals surface area contributed by atoms with Gasteiger partial charge in [-0.1, -0.05) is 34.8 Å². The largest absolute Gasteiger partial charge is 0.466 e. The third-order valence-electron chi connectivity index (χ3n) is 3.27. The van der Waals surface area contributed by atoms with E-state index in [1.807, 2.05) is 19.9 Å². The number of nitrogens with one attached hydrogen (secondary N) is 1. The van der Waals surface area contributed by atoms with E-state index < -0.39 is 0 Å². The zero-order chi connectivity index (χ0) is 14.9. The monoisotopic (exact) mass is 331 g/mol. The summed E-state index contributed by atoms with van der Waals surface area (Å²) in [4.78, 5) is 0. The molecule has 1 N–H and O–H groups in total. The van der Waals surface area contributed by atoms with Gasteiger partial charge in [-0.05, 0) is 39.0 Å². The molecule has 2 nitrogen and oxygen atoms in total. The third kappa shape index (κ3) is 3.32. The molecule has 2 aromatic rings. The lowest BCUT2D eigenvalue weighted by atomic mass is 10.1. The Bertz CT molecular complexity index is 622. The van der Waals surface area contributed by atoms with E-state index in [9.17, 15) is 0 Å². The molecule has 2 rings (SSSR count). The van der Waals surface area contributed by atoms with Gasteiger partial charge in [0.2, 0.25) is 0 Å².